The van der Waals surface area contributed by atoms with Gasteiger partial charge in [-0.15, -0.1) is 0 Å². The molecular weight excluding hydrogens is 374 g/mol. The van der Waals surface area contributed by atoms with Crippen LogP contribution in [-0.4, -0.2) is 29.4 Å². The highest BCUT2D eigenvalue weighted by Crippen LogP contribution is 2.19. The quantitative estimate of drug-likeness (QED) is 0.688. The summed E-state index contributed by atoms with van der Waals surface area (Å²) in [4.78, 5) is 12.9. The van der Waals surface area contributed by atoms with E-state index >= 15 is 0 Å². The van der Waals surface area contributed by atoms with Gasteiger partial charge in [-0.3, -0.25) is 4.79 Å². The Hall–Kier alpha value is -2.93. The van der Waals surface area contributed by atoms with E-state index in [1.807, 2.05) is 37.3 Å². The maximum Gasteiger partial charge on any atom is 0.256 e. The molecule has 0 saturated carbocycles. The van der Waals surface area contributed by atoms with Crippen molar-refractivity contribution in [3.8, 4) is 0 Å². The molecule has 0 unspecified atom stereocenters. The Kier molecular flexibility index (Phi) is 5.65. The van der Waals surface area contributed by atoms with E-state index in [0.29, 0.717) is 12.4 Å². The molecule has 1 N–H and O–H groups in total. The largest absolute Gasteiger partial charge is 0.307 e. The lowest BCUT2D eigenvalue weighted by atomic mass is 10.2. The lowest BCUT2D eigenvalue weighted by molar-refractivity contribution is 0.102. The fourth-order valence-electron chi connectivity index (χ4n) is 2.80. The summed E-state index contributed by atoms with van der Waals surface area (Å²) < 4.78 is 26.5. The number of hydrogen-bond acceptors (Lipinski definition) is 4. The molecule has 1 heterocycles. The first-order valence-electron chi connectivity index (χ1n) is 9.01. The predicted molar refractivity (Wildman–Crippen MR) is 109 cm³/mol. The summed E-state index contributed by atoms with van der Waals surface area (Å²) in [5.74, 6) is 0.179. The third-order valence-electron chi connectivity index (χ3n) is 4.36. The van der Waals surface area contributed by atoms with Gasteiger partial charge >= 0.3 is 0 Å². The van der Waals surface area contributed by atoms with Crippen LogP contribution in [0.2, 0.25) is 0 Å². The zero-order chi connectivity index (χ0) is 20.3. The number of hydrogen-bond donors (Lipinski definition) is 1. The monoisotopic (exact) mass is 397 g/mol. The summed E-state index contributed by atoms with van der Waals surface area (Å²) in [6.07, 6.45) is 0. The zero-order valence-corrected chi connectivity index (χ0v) is 16.9. The SMILES string of the molecule is Cc1cc(NC(=O)c2cccc(S(=O)(=O)C(C)C)c2)n(Cc2ccccc2)n1. The Morgan fingerprint density at radius 1 is 1.07 bits per heavy atom. The first kappa shape index (κ1) is 19.8. The molecule has 0 aliphatic carbocycles. The molecule has 7 heteroatoms. The molecule has 1 aromatic heterocycles. The van der Waals surface area contributed by atoms with Gasteiger partial charge < -0.3 is 5.32 Å². The average Bonchev–Trinajstić information content (AvgIpc) is 3.01. The van der Waals surface area contributed by atoms with Gasteiger partial charge in [0.15, 0.2) is 9.84 Å². The van der Waals surface area contributed by atoms with E-state index in [4.69, 9.17) is 0 Å². The van der Waals surface area contributed by atoms with E-state index in [0.717, 1.165) is 11.3 Å². The first-order chi connectivity index (χ1) is 13.3. The van der Waals surface area contributed by atoms with Crippen molar-refractivity contribution in [3.63, 3.8) is 0 Å². The molecule has 1 amide bonds. The maximum atomic E-state index is 12.7. The number of carbonyl (C=O) groups is 1. The summed E-state index contributed by atoms with van der Waals surface area (Å²) in [7, 11) is -3.45. The lowest BCUT2D eigenvalue weighted by Crippen LogP contribution is -2.18. The molecule has 2 aromatic carbocycles. The van der Waals surface area contributed by atoms with Crippen LogP contribution in [0.5, 0.6) is 0 Å². The molecular formula is C21H23N3O3S. The van der Waals surface area contributed by atoms with Gasteiger partial charge in [-0.25, -0.2) is 13.1 Å². The van der Waals surface area contributed by atoms with Gasteiger partial charge in [0.05, 0.1) is 22.4 Å². The maximum absolute atomic E-state index is 12.7. The number of nitrogens with one attached hydrogen (secondary N) is 1. The van der Waals surface area contributed by atoms with E-state index in [2.05, 4.69) is 10.4 Å². The second-order valence-corrected chi connectivity index (χ2v) is 9.39. The van der Waals surface area contributed by atoms with Gasteiger partial charge in [0.2, 0.25) is 0 Å². The number of nitrogens with zero attached hydrogens (tertiary/aromatic N) is 2. The van der Waals surface area contributed by atoms with Crippen molar-refractivity contribution in [1.29, 1.82) is 0 Å². The average molecular weight is 398 g/mol. The van der Waals surface area contributed by atoms with Gasteiger partial charge in [0.1, 0.15) is 5.82 Å². The number of aromatic nitrogens is 2. The Morgan fingerprint density at radius 3 is 2.46 bits per heavy atom. The third kappa shape index (κ3) is 4.31. The lowest BCUT2D eigenvalue weighted by Gasteiger charge is -2.11. The Labute approximate surface area is 165 Å². The minimum atomic E-state index is -3.45. The molecule has 6 nitrogen and oxygen atoms in total. The van der Waals surface area contributed by atoms with Gasteiger partial charge in [-0.1, -0.05) is 36.4 Å². The molecule has 0 fully saturated rings. The van der Waals surface area contributed by atoms with Crippen LogP contribution in [0.4, 0.5) is 5.82 Å². The van der Waals surface area contributed by atoms with Crippen molar-refractivity contribution in [2.24, 2.45) is 0 Å². The van der Waals surface area contributed by atoms with Crippen LogP contribution in [-0.2, 0) is 16.4 Å². The summed E-state index contributed by atoms with van der Waals surface area (Å²) in [5.41, 5.74) is 2.13. The van der Waals surface area contributed by atoms with Crippen molar-refractivity contribution >= 4 is 21.6 Å². The van der Waals surface area contributed by atoms with Crippen molar-refractivity contribution in [1.82, 2.24) is 9.78 Å². The number of aryl methyl sites for hydroxylation is 1. The van der Waals surface area contributed by atoms with E-state index in [1.54, 1.807) is 36.7 Å². The van der Waals surface area contributed by atoms with Gasteiger partial charge in [-0.05, 0) is 44.5 Å². The molecule has 0 atom stereocenters. The number of rotatable bonds is 6. The van der Waals surface area contributed by atoms with Crippen LogP contribution in [0.1, 0.15) is 35.5 Å². The van der Waals surface area contributed by atoms with Gasteiger partial charge in [0, 0.05) is 11.6 Å². The number of carbonyl (C=O) groups excluding carboxylic acids is 1. The fourth-order valence-corrected chi connectivity index (χ4v) is 3.90. The van der Waals surface area contributed by atoms with Crippen LogP contribution in [0.25, 0.3) is 0 Å². The molecule has 0 saturated heterocycles. The normalized spacial score (nSPS) is 11.6. The number of anilines is 1. The number of benzene rings is 2. The number of amides is 1. The predicted octanol–water partition coefficient (Wildman–Crippen LogP) is 3.67. The van der Waals surface area contributed by atoms with Crippen molar-refractivity contribution < 1.29 is 13.2 Å². The second kappa shape index (κ2) is 7.98. The van der Waals surface area contributed by atoms with Crippen LogP contribution in [0.3, 0.4) is 0 Å². The summed E-state index contributed by atoms with van der Waals surface area (Å²) in [5, 5.41) is 6.73. The Morgan fingerprint density at radius 2 is 1.79 bits per heavy atom. The van der Waals surface area contributed by atoms with Crippen molar-refractivity contribution in [2.45, 2.75) is 37.5 Å². The van der Waals surface area contributed by atoms with E-state index in [-0.39, 0.29) is 16.4 Å². The van der Waals surface area contributed by atoms with Gasteiger partial charge in [-0.2, -0.15) is 5.10 Å². The summed E-state index contributed by atoms with van der Waals surface area (Å²) in [6, 6.07) is 17.7. The van der Waals surface area contributed by atoms with Crippen LogP contribution in [0.15, 0.2) is 65.6 Å². The molecule has 3 aromatic rings. The summed E-state index contributed by atoms with van der Waals surface area (Å²) >= 11 is 0. The minimum absolute atomic E-state index is 0.143. The first-order valence-corrected chi connectivity index (χ1v) is 10.6. The molecule has 3 rings (SSSR count). The summed E-state index contributed by atoms with van der Waals surface area (Å²) in [6.45, 7) is 5.61. The third-order valence-corrected chi connectivity index (χ3v) is 6.52. The van der Waals surface area contributed by atoms with E-state index in [9.17, 15) is 13.2 Å². The highest BCUT2D eigenvalue weighted by Gasteiger charge is 2.21. The Bertz CT molecular complexity index is 1090. The molecule has 0 spiro atoms. The molecule has 0 aliphatic heterocycles. The Balaban J connectivity index is 1.85. The molecule has 146 valence electrons. The molecule has 0 aliphatic rings. The minimum Gasteiger partial charge on any atom is -0.307 e. The van der Waals surface area contributed by atoms with E-state index < -0.39 is 15.1 Å². The molecule has 0 radical (unpaired) electrons. The highest BCUT2D eigenvalue weighted by atomic mass is 32.2. The second-order valence-electron chi connectivity index (χ2n) is 6.89. The molecule has 0 bridgehead atoms. The zero-order valence-electron chi connectivity index (χ0n) is 16.1. The molecule has 28 heavy (non-hydrogen) atoms. The van der Waals surface area contributed by atoms with Crippen molar-refractivity contribution in [3.05, 3.63) is 77.5 Å². The standard InChI is InChI=1S/C21H23N3O3S/c1-15(2)28(26,27)19-11-7-10-18(13-19)21(25)22-20-12-16(3)23-24(20)14-17-8-5-4-6-9-17/h4-13,15H,14H2,1-3H3,(H,22,25). The van der Waals surface area contributed by atoms with Crippen molar-refractivity contribution in [2.75, 3.05) is 5.32 Å². The van der Waals surface area contributed by atoms with Gasteiger partial charge in [0.25, 0.3) is 5.91 Å². The van der Waals surface area contributed by atoms with Crippen LogP contribution in [0, 0.1) is 6.92 Å². The smallest absolute Gasteiger partial charge is 0.256 e. The van der Waals surface area contributed by atoms with Crippen LogP contribution < -0.4 is 5.32 Å². The van der Waals surface area contributed by atoms with E-state index in [1.165, 1.54) is 12.1 Å². The number of sulfone groups is 1. The fraction of sp³-hybridized carbons (Fsp3) is 0.238. The topological polar surface area (TPSA) is 81.1 Å². The van der Waals surface area contributed by atoms with Crippen LogP contribution >= 0.6 is 0 Å². The highest BCUT2D eigenvalue weighted by molar-refractivity contribution is 7.92.